The van der Waals surface area contributed by atoms with Crippen LogP contribution in [0.2, 0.25) is 0 Å². The van der Waals surface area contributed by atoms with Gasteiger partial charge in [0.2, 0.25) is 0 Å². The highest BCUT2D eigenvalue weighted by Gasteiger charge is 2.05. The van der Waals surface area contributed by atoms with Gasteiger partial charge in [0.25, 0.3) is 0 Å². The third-order valence-corrected chi connectivity index (χ3v) is 4.00. The van der Waals surface area contributed by atoms with Gasteiger partial charge in [-0.3, -0.25) is 0 Å². The number of nitrogens with zero attached hydrogens (tertiary/aromatic N) is 1. The molecule has 2 nitrogen and oxygen atoms in total. The molecule has 0 bridgehead atoms. The summed E-state index contributed by atoms with van der Waals surface area (Å²) in [7, 11) is 0. The van der Waals surface area contributed by atoms with Crippen LogP contribution >= 0.6 is 11.3 Å². The molecular weight excluding hydrogens is 230 g/mol. The van der Waals surface area contributed by atoms with E-state index in [9.17, 15) is 5.11 Å². The van der Waals surface area contributed by atoms with Crippen molar-refractivity contribution in [2.24, 2.45) is 0 Å². The Balaban J connectivity index is 2.00. The molecule has 0 radical (unpaired) electrons. The van der Waals surface area contributed by atoms with Gasteiger partial charge in [0.05, 0.1) is 6.61 Å². The molecule has 0 aliphatic carbocycles. The van der Waals surface area contributed by atoms with Crippen LogP contribution < -0.4 is 0 Å². The van der Waals surface area contributed by atoms with Crippen molar-refractivity contribution >= 4 is 21.4 Å². The summed E-state index contributed by atoms with van der Waals surface area (Å²) in [5.41, 5.74) is 2.27. The van der Waals surface area contributed by atoms with Gasteiger partial charge in [-0.1, -0.05) is 18.2 Å². The monoisotopic (exact) mass is 243 g/mol. The Kier molecular flexibility index (Phi) is 2.71. The average molecular weight is 243 g/mol. The predicted octanol–water partition coefficient (Wildman–Crippen LogP) is 3.24. The molecule has 2 heterocycles. The van der Waals surface area contributed by atoms with E-state index in [1.807, 2.05) is 18.3 Å². The van der Waals surface area contributed by atoms with Crippen LogP contribution in [0.1, 0.15) is 11.3 Å². The van der Waals surface area contributed by atoms with Gasteiger partial charge >= 0.3 is 0 Å². The van der Waals surface area contributed by atoms with Crippen molar-refractivity contribution in [3.8, 4) is 0 Å². The highest BCUT2D eigenvalue weighted by molar-refractivity contribution is 7.17. The smallest absolute Gasteiger partial charge is 0.0832 e. The molecule has 0 saturated carbocycles. The van der Waals surface area contributed by atoms with Crippen LogP contribution in [0.5, 0.6) is 0 Å². The van der Waals surface area contributed by atoms with Gasteiger partial charge in [0.1, 0.15) is 0 Å². The summed E-state index contributed by atoms with van der Waals surface area (Å²) in [5, 5.41) is 12.7. The topological polar surface area (TPSA) is 25.2 Å². The highest BCUT2D eigenvalue weighted by atomic mass is 32.1. The lowest BCUT2D eigenvalue weighted by Gasteiger charge is -2.06. The maximum Gasteiger partial charge on any atom is 0.0832 e. The van der Waals surface area contributed by atoms with E-state index >= 15 is 0 Å². The van der Waals surface area contributed by atoms with Crippen molar-refractivity contribution in [3.63, 3.8) is 0 Å². The Morgan fingerprint density at radius 3 is 2.88 bits per heavy atom. The van der Waals surface area contributed by atoms with Crippen molar-refractivity contribution in [3.05, 3.63) is 59.2 Å². The maximum absolute atomic E-state index is 9.23. The molecule has 3 heteroatoms. The van der Waals surface area contributed by atoms with Crippen molar-refractivity contribution < 1.29 is 5.11 Å². The number of aliphatic hydroxyl groups is 1. The summed E-state index contributed by atoms with van der Waals surface area (Å²) in [6, 6.07) is 12.4. The van der Waals surface area contributed by atoms with Crippen molar-refractivity contribution in [1.29, 1.82) is 0 Å². The lowest BCUT2D eigenvalue weighted by Crippen LogP contribution is -2.02. The third kappa shape index (κ3) is 1.88. The molecule has 17 heavy (non-hydrogen) atoms. The number of benzene rings is 1. The van der Waals surface area contributed by atoms with Gasteiger partial charge in [0.15, 0.2) is 0 Å². The Bertz CT molecular complexity index is 638. The molecular formula is C14H13NOS. The van der Waals surface area contributed by atoms with Crippen LogP contribution in [0.3, 0.4) is 0 Å². The lowest BCUT2D eigenvalue weighted by atomic mass is 10.2. The number of aromatic nitrogens is 1. The Labute approximate surface area is 104 Å². The summed E-state index contributed by atoms with van der Waals surface area (Å²) < 4.78 is 3.41. The maximum atomic E-state index is 9.23. The molecule has 2 aromatic heterocycles. The zero-order valence-corrected chi connectivity index (χ0v) is 10.2. The minimum absolute atomic E-state index is 0.0923. The van der Waals surface area contributed by atoms with Gasteiger partial charge in [-0.25, -0.2) is 0 Å². The van der Waals surface area contributed by atoms with E-state index in [1.54, 1.807) is 11.3 Å². The number of rotatable bonds is 3. The predicted molar refractivity (Wildman–Crippen MR) is 71.3 cm³/mol. The first kappa shape index (κ1) is 10.6. The number of hydrogen-bond acceptors (Lipinski definition) is 2. The zero-order chi connectivity index (χ0) is 11.7. The van der Waals surface area contributed by atoms with E-state index in [-0.39, 0.29) is 6.61 Å². The van der Waals surface area contributed by atoms with E-state index in [0.717, 1.165) is 12.2 Å². The van der Waals surface area contributed by atoms with E-state index in [1.165, 1.54) is 15.6 Å². The fourth-order valence-electron chi connectivity index (χ4n) is 2.09. The number of fused-ring (bicyclic) bond motifs is 1. The Morgan fingerprint density at radius 2 is 2.00 bits per heavy atom. The van der Waals surface area contributed by atoms with Gasteiger partial charge < -0.3 is 9.67 Å². The van der Waals surface area contributed by atoms with Crippen LogP contribution in [0.25, 0.3) is 10.1 Å². The summed E-state index contributed by atoms with van der Waals surface area (Å²) in [4.78, 5) is 0. The molecule has 1 aromatic carbocycles. The number of aliphatic hydroxyl groups excluding tert-OH is 1. The summed E-state index contributed by atoms with van der Waals surface area (Å²) in [5.74, 6) is 0. The van der Waals surface area contributed by atoms with Crippen molar-refractivity contribution in [2.45, 2.75) is 13.2 Å². The molecule has 0 aliphatic heterocycles. The summed E-state index contributed by atoms with van der Waals surface area (Å²) in [6.07, 6.45) is 2.01. The van der Waals surface area contributed by atoms with Crippen LogP contribution in [0.15, 0.2) is 48.0 Å². The molecule has 86 valence electrons. The van der Waals surface area contributed by atoms with Gasteiger partial charge in [0, 0.05) is 23.1 Å². The molecule has 0 saturated heterocycles. The largest absolute Gasteiger partial charge is 0.390 e. The second-order valence-electron chi connectivity index (χ2n) is 4.04. The quantitative estimate of drug-likeness (QED) is 0.750. The summed E-state index contributed by atoms with van der Waals surface area (Å²) in [6.45, 7) is 0.919. The Hall–Kier alpha value is -1.58. The first-order valence-corrected chi connectivity index (χ1v) is 6.46. The van der Waals surface area contributed by atoms with Crippen molar-refractivity contribution in [1.82, 2.24) is 4.57 Å². The molecule has 0 amide bonds. The second kappa shape index (κ2) is 4.35. The molecule has 3 aromatic rings. The molecule has 1 N–H and O–H groups in total. The second-order valence-corrected chi connectivity index (χ2v) is 4.95. The van der Waals surface area contributed by atoms with E-state index in [4.69, 9.17) is 0 Å². The number of hydrogen-bond donors (Lipinski definition) is 1. The Morgan fingerprint density at radius 1 is 1.12 bits per heavy atom. The minimum atomic E-state index is 0.0923. The van der Waals surface area contributed by atoms with Crippen LogP contribution in [0.4, 0.5) is 0 Å². The highest BCUT2D eigenvalue weighted by Crippen LogP contribution is 2.26. The molecule has 0 aliphatic rings. The van der Waals surface area contributed by atoms with Crippen molar-refractivity contribution in [2.75, 3.05) is 0 Å². The van der Waals surface area contributed by atoms with Gasteiger partial charge in [-0.2, -0.15) is 0 Å². The fourth-order valence-corrected chi connectivity index (χ4v) is 3.04. The minimum Gasteiger partial charge on any atom is -0.390 e. The van der Waals surface area contributed by atoms with Gasteiger partial charge in [-0.15, -0.1) is 11.3 Å². The third-order valence-electron chi connectivity index (χ3n) is 2.99. The zero-order valence-electron chi connectivity index (χ0n) is 9.34. The molecule has 3 rings (SSSR count). The van der Waals surface area contributed by atoms with Crippen LogP contribution in [-0.2, 0) is 13.2 Å². The molecule has 0 fully saturated rings. The normalized spacial score (nSPS) is 11.1. The SMILES string of the molecule is OCc1cccn1Cc1csc2ccccc12. The summed E-state index contributed by atoms with van der Waals surface area (Å²) >= 11 is 1.77. The lowest BCUT2D eigenvalue weighted by molar-refractivity contribution is 0.271. The van der Waals surface area contributed by atoms with E-state index in [0.29, 0.717) is 0 Å². The molecule has 0 unspecified atom stereocenters. The first-order valence-electron chi connectivity index (χ1n) is 5.58. The molecule has 0 atom stereocenters. The van der Waals surface area contributed by atoms with Crippen LogP contribution in [0, 0.1) is 0 Å². The molecule has 0 spiro atoms. The van der Waals surface area contributed by atoms with Gasteiger partial charge in [-0.05, 0) is 34.5 Å². The fraction of sp³-hybridized carbons (Fsp3) is 0.143. The average Bonchev–Trinajstić information content (AvgIpc) is 2.97. The van der Waals surface area contributed by atoms with E-state index < -0.39 is 0 Å². The van der Waals surface area contributed by atoms with Crippen LogP contribution in [-0.4, -0.2) is 9.67 Å². The number of thiophene rings is 1. The van der Waals surface area contributed by atoms with E-state index in [2.05, 4.69) is 34.2 Å². The first-order chi connectivity index (χ1) is 8.38. The standard InChI is InChI=1S/C14H13NOS/c16-9-12-4-3-7-15(12)8-11-10-17-14-6-2-1-5-13(11)14/h1-7,10,16H,8-9H2.